The Labute approximate surface area is 121 Å². The number of nitrogens with one attached hydrogen (secondary N) is 1. The van der Waals surface area contributed by atoms with Crippen molar-refractivity contribution in [3.8, 4) is 0 Å². The number of carbonyl (C=O) groups excluding carboxylic acids is 1. The number of amides is 1. The van der Waals surface area contributed by atoms with Gasteiger partial charge in [-0.3, -0.25) is 4.79 Å². The van der Waals surface area contributed by atoms with Crippen LogP contribution in [0, 0.1) is 5.92 Å². The number of likely N-dealkylation sites (N-methyl/N-ethyl adjacent to an activating group) is 1. The van der Waals surface area contributed by atoms with Gasteiger partial charge in [0.15, 0.2) is 0 Å². The fourth-order valence-corrected chi connectivity index (χ4v) is 1.96. The molecule has 1 amide bonds. The molecule has 112 valence electrons. The van der Waals surface area contributed by atoms with Crippen molar-refractivity contribution >= 4 is 5.91 Å². The van der Waals surface area contributed by atoms with Crippen LogP contribution in [0.4, 0.5) is 0 Å². The van der Waals surface area contributed by atoms with Crippen molar-refractivity contribution in [1.29, 1.82) is 0 Å². The number of carbonyl (C=O) groups is 1. The summed E-state index contributed by atoms with van der Waals surface area (Å²) in [5.41, 5.74) is 1.08. The molecule has 0 aliphatic rings. The van der Waals surface area contributed by atoms with E-state index in [0.29, 0.717) is 0 Å². The maximum absolute atomic E-state index is 12.0. The third kappa shape index (κ3) is 5.72. The van der Waals surface area contributed by atoms with Gasteiger partial charge in [-0.1, -0.05) is 44.2 Å². The van der Waals surface area contributed by atoms with Gasteiger partial charge in [0.25, 0.3) is 0 Å². The molecule has 1 rings (SSSR count). The molecule has 4 nitrogen and oxygen atoms in total. The fraction of sp³-hybridized carbons (Fsp3) is 0.562. The quantitative estimate of drug-likeness (QED) is 0.800. The smallest absolute Gasteiger partial charge is 0.223 e. The van der Waals surface area contributed by atoms with Crippen LogP contribution in [0.25, 0.3) is 0 Å². The second kappa shape index (κ2) is 8.02. The van der Waals surface area contributed by atoms with Crippen LogP contribution in [0.3, 0.4) is 0 Å². The third-order valence-corrected chi connectivity index (χ3v) is 3.25. The van der Waals surface area contributed by atoms with E-state index in [-0.39, 0.29) is 24.3 Å². The van der Waals surface area contributed by atoms with E-state index in [2.05, 4.69) is 5.32 Å². The first-order valence-corrected chi connectivity index (χ1v) is 7.07. The van der Waals surface area contributed by atoms with Gasteiger partial charge in [0.2, 0.25) is 5.91 Å². The summed E-state index contributed by atoms with van der Waals surface area (Å²) in [5.74, 6) is -0.0216. The Morgan fingerprint density at radius 1 is 1.25 bits per heavy atom. The van der Waals surface area contributed by atoms with Gasteiger partial charge in [0.1, 0.15) is 0 Å². The average Bonchev–Trinajstić information content (AvgIpc) is 2.38. The van der Waals surface area contributed by atoms with Crippen LogP contribution in [0.2, 0.25) is 0 Å². The summed E-state index contributed by atoms with van der Waals surface area (Å²) in [7, 11) is 3.95. The summed E-state index contributed by atoms with van der Waals surface area (Å²) in [6.45, 7) is 4.55. The highest BCUT2D eigenvalue weighted by Gasteiger charge is 2.19. The molecule has 2 atom stereocenters. The molecule has 0 aliphatic carbocycles. The molecule has 0 radical (unpaired) electrons. The summed E-state index contributed by atoms with van der Waals surface area (Å²) in [4.78, 5) is 14.1. The molecule has 4 heteroatoms. The predicted molar refractivity (Wildman–Crippen MR) is 81.3 cm³/mol. The van der Waals surface area contributed by atoms with Crippen molar-refractivity contribution in [3.05, 3.63) is 35.9 Å². The van der Waals surface area contributed by atoms with E-state index in [0.717, 1.165) is 12.1 Å². The predicted octanol–water partition coefficient (Wildman–Crippen LogP) is 1.81. The van der Waals surface area contributed by atoms with Gasteiger partial charge in [-0.2, -0.15) is 0 Å². The minimum atomic E-state index is -0.592. The second-order valence-electron chi connectivity index (χ2n) is 5.81. The van der Waals surface area contributed by atoms with Crippen LogP contribution >= 0.6 is 0 Å². The van der Waals surface area contributed by atoms with Crippen molar-refractivity contribution in [3.63, 3.8) is 0 Å². The molecular weight excluding hydrogens is 252 g/mol. The largest absolute Gasteiger partial charge is 0.392 e. The van der Waals surface area contributed by atoms with Crippen molar-refractivity contribution in [2.45, 2.75) is 32.4 Å². The van der Waals surface area contributed by atoms with Crippen LogP contribution in [0.5, 0.6) is 0 Å². The second-order valence-corrected chi connectivity index (χ2v) is 5.81. The molecule has 0 heterocycles. The van der Waals surface area contributed by atoms with Crippen LogP contribution in [-0.4, -0.2) is 42.7 Å². The Kier molecular flexibility index (Phi) is 6.68. The summed E-state index contributed by atoms with van der Waals surface area (Å²) >= 11 is 0. The Morgan fingerprint density at radius 3 is 2.35 bits per heavy atom. The van der Waals surface area contributed by atoms with Gasteiger partial charge < -0.3 is 15.3 Å². The maximum atomic E-state index is 12.0. The van der Waals surface area contributed by atoms with E-state index >= 15 is 0 Å². The first-order valence-electron chi connectivity index (χ1n) is 7.07. The Morgan fingerprint density at radius 2 is 1.85 bits per heavy atom. The highest BCUT2D eigenvalue weighted by Crippen LogP contribution is 2.14. The molecule has 2 N–H and O–H groups in total. The number of rotatable bonds is 7. The zero-order valence-electron chi connectivity index (χ0n) is 12.8. The first-order chi connectivity index (χ1) is 9.40. The standard InChI is InChI=1S/C16H26N2O2/c1-12(2)15(19)10-16(20)17-14(11-18(3)4)13-8-6-5-7-9-13/h5-9,12,14-15,19H,10-11H2,1-4H3,(H,17,20). The van der Waals surface area contributed by atoms with Crippen LogP contribution in [0.15, 0.2) is 30.3 Å². The lowest BCUT2D eigenvalue weighted by Gasteiger charge is -2.24. The number of aliphatic hydroxyl groups is 1. The van der Waals surface area contributed by atoms with Gasteiger partial charge in [0.05, 0.1) is 18.6 Å². The minimum absolute atomic E-state index is 0.0573. The summed E-state index contributed by atoms with van der Waals surface area (Å²) in [5, 5.41) is 12.8. The van der Waals surface area contributed by atoms with Crippen molar-refractivity contribution in [1.82, 2.24) is 10.2 Å². The lowest BCUT2D eigenvalue weighted by atomic mass is 10.0. The van der Waals surface area contributed by atoms with Crippen LogP contribution in [-0.2, 0) is 4.79 Å². The molecule has 2 unspecified atom stereocenters. The van der Waals surface area contributed by atoms with E-state index in [1.807, 2.05) is 63.2 Å². The van der Waals surface area contributed by atoms with E-state index in [1.54, 1.807) is 0 Å². The molecule has 0 aromatic heterocycles. The van der Waals surface area contributed by atoms with Crippen LogP contribution < -0.4 is 5.32 Å². The fourth-order valence-electron chi connectivity index (χ4n) is 1.96. The Hall–Kier alpha value is -1.39. The van der Waals surface area contributed by atoms with E-state index < -0.39 is 6.10 Å². The maximum Gasteiger partial charge on any atom is 0.223 e. The van der Waals surface area contributed by atoms with Gasteiger partial charge in [-0.25, -0.2) is 0 Å². The molecule has 0 bridgehead atoms. The third-order valence-electron chi connectivity index (χ3n) is 3.25. The number of hydrogen-bond donors (Lipinski definition) is 2. The molecule has 0 spiro atoms. The lowest BCUT2D eigenvalue weighted by molar-refractivity contribution is -0.124. The Balaban J connectivity index is 2.68. The van der Waals surface area contributed by atoms with Crippen LogP contribution in [0.1, 0.15) is 31.9 Å². The Bertz CT molecular complexity index is 404. The highest BCUT2D eigenvalue weighted by molar-refractivity contribution is 5.77. The van der Waals surface area contributed by atoms with Crippen molar-refractivity contribution in [2.24, 2.45) is 5.92 Å². The van der Waals surface area contributed by atoms with Gasteiger partial charge >= 0.3 is 0 Å². The molecule has 0 saturated carbocycles. The molecule has 1 aromatic carbocycles. The molecule has 1 aromatic rings. The highest BCUT2D eigenvalue weighted by atomic mass is 16.3. The minimum Gasteiger partial charge on any atom is -0.392 e. The van der Waals surface area contributed by atoms with E-state index in [1.165, 1.54) is 0 Å². The topological polar surface area (TPSA) is 52.6 Å². The van der Waals surface area contributed by atoms with Crippen molar-refractivity contribution < 1.29 is 9.90 Å². The first kappa shape index (κ1) is 16.7. The monoisotopic (exact) mass is 278 g/mol. The van der Waals surface area contributed by atoms with E-state index in [4.69, 9.17) is 0 Å². The number of nitrogens with zero attached hydrogens (tertiary/aromatic N) is 1. The van der Waals surface area contributed by atoms with Gasteiger partial charge in [-0.05, 0) is 25.6 Å². The van der Waals surface area contributed by atoms with E-state index in [9.17, 15) is 9.90 Å². The number of aliphatic hydroxyl groups excluding tert-OH is 1. The molecule has 0 saturated heterocycles. The zero-order chi connectivity index (χ0) is 15.1. The normalized spacial score (nSPS) is 14.3. The summed E-state index contributed by atoms with van der Waals surface area (Å²) in [6, 6.07) is 9.85. The zero-order valence-corrected chi connectivity index (χ0v) is 12.8. The van der Waals surface area contributed by atoms with Gasteiger partial charge in [0, 0.05) is 6.54 Å². The van der Waals surface area contributed by atoms with Gasteiger partial charge in [-0.15, -0.1) is 0 Å². The molecule has 20 heavy (non-hydrogen) atoms. The molecule has 0 aliphatic heterocycles. The molecular formula is C16H26N2O2. The number of hydrogen-bond acceptors (Lipinski definition) is 3. The molecule has 0 fully saturated rings. The number of benzene rings is 1. The summed E-state index contributed by atoms with van der Waals surface area (Å²) < 4.78 is 0. The summed E-state index contributed by atoms with van der Waals surface area (Å²) in [6.07, 6.45) is -0.445. The lowest BCUT2D eigenvalue weighted by Crippen LogP contribution is -2.37. The van der Waals surface area contributed by atoms with Crippen molar-refractivity contribution in [2.75, 3.05) is 20.6 Å². The SMILES string of the molecule is CC(C)C(O)CC(=O)NC(CN(C)C)c1ccccc1. The average molecular weight is 278 g/mol.